The molecule has 1 aromatic carbocycles. The predicted octanol–water partition coefficient (Wildman–Crippen LogP) is 6.71. The molecule has 6 atom stereocenters. The molecule has 1 heterocycles. The lowest BCUT2D eigenvalue weighted by atomic mass is 9.48. The highest BCUT2D eigenvalue weighted by Crippen LogP contribution is 2.66. The molecule has 0 amide bonds. The molecule has 2 fully saturated rings. The van der Waals surface area contributed by atoms with Crippen molar-refractivity contribution in [3.63, 3.8) is 0 Å². The molecule has 4 aliphatic rings. The summed E-state index contributed by atoms with van der Waals surface area (Å²) in [5.74, 6) is 0.730. The number of fused-ring (bicyclic) bond motifs is 7. The summed E-state index contributed by atoms with van der Waals surface area (Å²) in [6.07, 6.45) is 9.82. The van der Waals surface area contributed by atoms with E-state index in [1.54, 1.807) is 11.3 Å². The van der Waals surface area contributed by atoms with Gasteiger partial charge in [0.05, 0.1) is 22.4 Å². The van der Waals surface area contributed by atoms with Gasteiger partial charge in [0.25, 0.3) is 0 Å². The van der Waals surface area contributed by atoms with E-state index in [-0.39, 0.29) is 22.6 Å². The van der Waals surface area contributed by atoms with Gasteiger partial charge in [0.15, 0.2) is 5.13 Å². The number of aliphatic hydroxyl groups excluding tert-OH is 1. The molecule has 32 heavy (non-hydrogen) atoms. The van der Waals surface area contributed by atoms with Gasteiger partial charge in [0.2, 0.25) is 0 Å². The molecule has 0 unspecified atom stereocenters. The van der Waals surface area contributed by atoms with Gasteiger partial charge in [-0.1, -0.05) is 31.3 Å². The van der Waals surface area contributed by atoms with Crippen LogP contribution in [0.25, 0.3) is 5.57 Å². The summed E-state index contributed by atoms with van der Waals surface area (Å²) in [6.45, 7) is 4.76. The first-order valence-electron chi connectivity index (χ1n) is 11.9. The van der Waals surface area contributed by atoms with Gasteiger partial charge >= 0.3 is 0 Å². The second-order valence-corrected chi connectivity index (χ2v) is 11.8. The van der Waals surface area contributed by atoms with E-state index in [9.17, 15) is 13.9 Å². The van der Waals surface area contributed by atoms with E-state index >= 15 is 0 Å². The number of rotatable bonds is 2. The van der Waals surface area contributed by atoms with E-state index in [4.69, 9.17) is 4.98 Å². The summed E-state index contributed by atoms with van der Waals surface area (Å²) in [7, 11) is 0. The highest BCUT2D eigenvalue weighted by atomic mass is 32.1. The van der Waals surface area contributed by atoms with Gasteiger partial charge in [-0.15, -0.1) is 0 Å². The zero-order valence-electron chi connectivity index (χ0n) is 18.6. The number of hydrogen-bond donors (Lipinski definition) is 2. The fraction of sp³-hybridized carbons (Fsp3) is 0.577. The summed E-state index contributed by atoms with van der Waals surface area (Å²) >= 11 is 1.59. The standard InChI is InChI=1S/C26H30F2N2OS/c1-25-12-10-21-23(32-24(30-21)29-20-7-3-14(27)13-19(20)28)18(25)5-4-15-16-6-8-22(31)26(16,2)11-9-17(15)25/h3,5,7,13,15-17,22,31H,4,6,8-12H2,1-2H3,(H,29,30)/t15-,16-,17-,22-,25+,26-/m0/s1. The Balaban J connectivity index is 1.32. The van der Waals surface area contributed by atoms with E-state index in [2.05, 4.69) is 25.2 Å². The minimum atomic E-state index is -0.605. The number of nitrogens with one attached hydrogen (secondary N) is 1. The molecule has 0 radical (unpaired) electrons. The van der Waals surface area contributed by atoms with E-state index in [0.717, 1.165) is 50.3 Å². The number of allylic oxidation sites excluding steroid dienone is 2. The normalized spacial score (nSPS) is 37.7. The SMILES string of the molecule is C[C@]12CC[C@H]3[C@@H](CC=C4c5sc(Nc6ccc(F)cc6F)nc5CC[C@@]43C)[C@@H]1CC[C@@H]2O. The lowest BCUT2D eigenvalue weighted by Crippen LogP contribution is -2.50. The summed E-state index contributed by atoms with van der Waals surface area (Å²) in [4.78, 5) is 6.02. The Kier molecular flexibility index (Phi) is 4.61. The molecule has 0 saturated heterocycles. The number of nitrogens with zero attached hydrogens (tertiary/aromatic N) is 1. The fourth-order valence-electron chi connectivity index (χ4n) is 7.61. The first kappa shape index (κ1) is 20.8. The Morgan fingerprint density at radius 3 is 2.78 bits per heavy atom. The molecule has 4 aliphatic carbocycles. The minimum Gasteiger partial charge on any atom is -0.393 e. The first-order chi connectivity index (χ1) is 15.3. The molecule has 6 rings (SSSR count). The molecule has 1 aromatic heterocycles. The second-order valence-electron chi connectivity index (χ2n) is 10.8. The second kappa shape index (κ2) is 7.10. The lowest BCUT2D eigenvalue weighted by molar-refractivity contribution is -0.0579. The maximum Gasteiger partial charge on any atom is 0.188 e. The Hall–Kier alpha value is -1.79. The maximum absolute atomic E-state index is 14.1. The van der Waals surface area contributed by atoms with Crippen molar-refractivity contribution >= 4 is 27.7 Å². The third-order valence-electron chi connectivity index (χ3n) is 9.41. The molecular weight excluding hydrogens is 426 g/mol. The number of halogens is 2. The molecule has 2 N–H and O–H groups in total. The summed E-state index contributed by atoms with van der Waals surface area (Å²) in [6, 6.07) is 3.58. The van der Waals surface area contributed by atoms with E-state index in [1.807, 2.05) is 0 Å². The maximum atomic E-state index is 14.1. The fourth-order valence-corrected chi connectivity index (χ4v) is 8.81. The highest BCUT2D eigenvalue weighted by Gasteiger charge is 2.58. The molecule has 0 bridgehead atoms. The lowest BCUT2D eigenvalue weighted by Gasteiger charge is -2.56. The molecule has 170 valence electrons. The minimum absolute atomic E-state index is 0.0868. The van der Waals surface area contributed by atoms with Crippen molar-refractivity contribution in [2.75, 3.05) is 5.32 Å². The van der Waals surface area contributed by atoms with Crippen molar-refractivity contribution in [3.05, 3.63) is 46.5 Å². The van der Waals surface area contributed by atoms with Crippen molar-refractivity contribution < 1.29 is 13.9 Å². The number of hydrogen-bond acceptors (Lipinski definition) is 4. The third kappa shape index (κ3) is 2.88. The largest absolute Gasteiger partial charge is 0.393 e. The van der Waals surface area contributed by atoms with Crippen LogP contribution in [0, 0.1) is 40.2 Å². The van der Waals surface area contributed by atoms with Crippen LogP contribution in [-0.4, -0.2) is 16.2 Å². The molecule has 2 saturated carbocycles. The van der Waals surface area contributed by atoms with Crippen LogP contribution in [0.3, 0.4) is 0 Å². The Morgan fingerprint density at radius 1 is 1.12 bits per heavy atom. The average molecular weight is 457 g/mol. The van der Waals surface area contributed by atoms with Gasteiger partial charge in [-0.05, 0) is 91.2 Å². The predicted molar refractivity (Wildman–Crippen MR) is 124 cm³/mol. The van der Waals surface area contributed by atoms with E-state index < -0.39 is 11.6 Å². The monoisotopic (exact) mass is 456 g/mol. The first-order valence-corrected chi connectivity index (χ1v) is 12.7. The van der Waals surface area contributed by atoms with Crippen LogP contribution < -0.4 is 5.32 Å². The summed E-state index contributed by atoms with van der Waals surface area (Å²) < 4.78 is 27.4. The average Bonchev–Trinajstić information content (AvgIpc) is 3.30. The van der Waals surface area contributed by atoms with Crippen molar-refractivity contribution in [2.24, 2.45) is 28.6 Å². The van der Waals surface area contributed by atoms with Crippen LogP contribution in [0.2, 0.25) is 0 Å². The zero-order valence-corrected chi connectivity index (χ0v) is 19.4. The van der Waals surface area contributed by atoms with Crippen LogP contribution in [0.4, 0.5) is 19.6 Å². The summed E-state index contributed by atoms with van der Waals surface area (Å²) in [5.41, 5.74) is 3.00. The third-order valence-corrected chi connectivity index (χ3v) is 10.5. The Bertz CT molecular complexity index is 1110. The van der Waals surface area contributed by atoms with E-state index in [1.165, 1.54) is 29.0 Å². The van der Waals surface area contributed by atoms with Gasteiger partial charge in [-0.3, -0.25) is 0 Å². The summed E-state index contributed by atoms with van der Waals surface area (Å²) in [5, 5.41) is 14.4. The van der Waals surface area contributed by atoms with E-state index in [0.29, 0.717) is 22.9 Å². The zero-order chi connectivity index (χ0) is 22.3. The quantitative estimate of drug-likeness (QED) is 0.528. The number of aryl methyl sites for hydroxylation is 1. The Morgan fingerprint density at radius 2 is 1.97 bits per heavy atom. The van der Waals surface area contributed by atoms with Crippen LogP contribution in [0.1, 0.15) is 62.9 Å². The number of thiazole rings is 1. The van der Waals surface area contributed by atoms with Crippen molar-refractivity contribution in [1.29, 1.82) is 0 Å². The van der Waals surface area contributed by atoms with Gasteiger partial charge in [0.1, 0.15) is 11.6 Å². The van der Waals surface area contributed by atoms with Crippen LogP contribution >= 0.6 is 11.3 Å². The number of aliphatic hydroxyl groups is 1. The molecule has 3 nitrogen and oxygen atoms in total. The van der Waals surface area contributed by atoms with Crippen LogP contribution in [-0.2, 0) is 6.42 Å². The Labute approximate surface area is 192 Å². The molecule has 2 aromatic rings. The van der Waals surface area contributed by atoms with Crippen molar-refractivity contribution in [2.45, 2.75) is 64.9 Å². The number of anilines is 2. The van der Waals surface area contributed by atoms with Crippen LogP contribution in [0.15, 0.2) is 24.3 Å². The molecular formula is C26H30F2N2OS. The van der Waals surface area contributed by atoms with Gasteiger partial charge < -0.3 is 10.4 Å². The van der Waals surface area contributed by atoms with Gasteiger partial charge in [-0.2, -0.15) is 0 Å². The number of aromatic nitrogens is 1. The number of benzene rings is 1. The smallest absolute Gasteiger partial charge is 0.188 e. The van der Waals surface area contributed by atoms with Crippen molar-refractivity contribution in [1.82, 2.24) is 4.98 Å². The molecule has 6 heteroatoms. The van der Waals surface area contributed by atoms with Gasteiger partial charge in [-0.25, -0.2) is 13.8 Å². The topological polar surface area (TPSA) is 45.2 Å². The molecule has 0 aliphatic heterocycles. The van der Waals surface area contributed by atoms with Crippen molar-refractivity contribution in [3.8, 4) is 0 Å². The highest BCUT2D eigenvalue weighted by molar-refractivity contribution is 7.16. The molecule has 0 spiro atoms. The van der Waals surface area contributed by atoms with Crippen LogP contribution in [0.5, 0.6) is 0 Å². The van der Waals surface area contributed by atoms with Gasteiger partial charge in [0, 0.05) is 6.07 Å².